The van der Waals surface area contributed by atoms with E-state index >= 15 is 0 Å². The molecule has 2 aromatic carbocycles. The van der Waals surface area contributed by atoms with Crippen molar-refractivity contribution in [3.8, 4) is 0 Å². The van der Waals surface area contributed by atoms with Crippen LogP contribution in [-0.2, 0) is 4.74 Å². The number of carbonyl (C=O) groups excluding carboxylic acids is 1. The summed E-state index contributed by atoms with van der Waals surface area (Å²) in [5.41, 5.74) is 0.736. The Kier molecular flexibility index (Phi) is 5.97. The van der Waals surface area contributed by atoms with E-state index in [-0.39, 0.29) is 23.9 Å². The summed E-state index contributed by atoms with van der Waals surface area (Å²) in [5.74, 6) is -1.45. The fourth-order valence-corrected chi connectivity index (χ4v) is 2.08. The molecule has 0 saturated carbocycles. The van der Waals surface area contributed by atoms with Crippen molar-refractivity contribution in [2.75, 3.05) is 26.0 Å². The Bertz CT molecular complexity index is 805. The molecule has 0 aliphatic carbocycles. The first-order chi connectivity index (χ1) is 11.9. The Morgan fingerprint density at radius 1 is 1.16 bits per heavy atom. The summed E-state index contributed by atoms with van der Waals surface area (Å²) in [6.45, 7) is 0.270. The van der Waals surface area contributed by atoms with Gasteiger partial charge in [-0.3, -0.25) is 15.6 Å². The van der Waals surface area contributed by atoms with Gasteiger partial charge in [-0.25, -0.2) is 4.39 Å². The minimum Gasteiger partial charge on any atom is -0.424 e. The first-order valence-electron chi connectivity index (χ1n) is 7.51. The maximum Gasteiger partial charge on any atom is 0.258 e. The molecule has 2 rings (SSSR count). The number of nitrogens with zero attached hydrogens (tertiary/aromatic N) is 1. The number of rotatable bonds is 5. The Labute approximate surface area is 145 Å². The summed E-state index contributed by atoms with van der Waals surface area (Å²) >= 11 is 0. The molecule has 0 bridgehead atoms. The van der Waals surface area contributed by atoms with Crippen LogP contribution in [0.25, 0.3) is 0 Å². The van der Waals surface area contributed by atoms with Crippen molar-refractivity contribution >= 4 is 23.4 Å². The highest BCUT2D eigenvalue weighted by atomic mass is 19.1. The zero-order chi connectivity index (χ0) is 18.4. The van der Waals surface area contributed by atoms with Gasteiger partial charge in [0.1, 0.15) is 5.82 Å². The highest BCUT2D eigenvalue weighted by molar-refractivity contribution is 6.05. The van der Waals surface area contributed by atoms with Crippen LogP contribution in [0.3, 0.4) is 0 Å². The lowest BCUT2D eigenvalue weighted by molar-refractivity contribution is 0.102. The molecule has 130 valence electrons. The van der Waals surface area contributed by atoms with E-state index in [1.165, 1.54) is 24.3 Å². The number of likely N-dealkylation sites (N-methyl/N-ethyl adjacent to an activating group) is 1. The molecule has 0 aliphatic heterocycles. The third-order valence-electron chi connectivity index (χ3n) is 3.19. The summed E-state index contributed by atoms with van der Waals surface area (Å²) in [6, 6.07) is 12.1. The maximum atomic E-state index is 13.7. The second-order valence-electron chi connectivity index (χ2n) is 5.61. The highest BCUT2D eigenvalue weighted by Gasteiger charge is 2.13. The van der Waals surface area contributed by atoms with Crippen molar-refractivity contribution in [1.82, 2.24) is 4.90 Å². The number of nitrogens with one attached hydrogen (secondary N) is 3. The number of ether oxygens (including phenoxy) is 1. The molecule has 6 nitrogen and oxygen atoms in total. The molecule has 0 aliphatic rings. The van der Waals surface area contributed by atoms with Gasteiger partial charge in [0, 0.05) is 11.3 Å². The van der Waals surface area contributed by atoms with E-state index in [9.17, 15) is 9.18 Å². The van der Waals surface area contributed by atoms with Crippen molar-refractivity contribution in [3.63, 3.8) is 0 Å². The molecule has 3 N–H and O–H groups in total. The molecule has 0 saturated heterocycles. The first kappa shape index (κ1) is 18.3. The lowest BCUT2D eigenvalue weighted by atomic mass is 10.1. The standard InChI is InChI=1S/C18H19FN4O2/c1-23(2)11-16(20)25-17(21)12-6-5-7-13(10-12)22-18(24)14-8-3-4-9-15(14)19/h3-10,20-21H,11H2,1-2H3,(H,22,24). The van der Waals surface area contributed by atoms with Crippen molar-refractivity contribution < 1.29 is 13.9 Å². The van der Waals surface area contributed by atoms with Crippen LogP contribution in [0.2, 0.25) is 0 Å². The monoisotopic (exact) mass is 342 g/mol. The van der Waals surface area contributed by atoms with Crippen LogP contribution in [0.5, 0.6) is 0 Å². The second kappa shape index (κ2) is 8.16. The normalized spacial score (nSPS) is 10.4. The van der Waals surface area contributed by atoms with Gasteiger partial charge in [-0.1, -0.05) is 18.2 Å². The van der Waals surface area contributed by atoms with E-state index < -0.39 is 11.7 Å². The Balaban J connectivity index is 2.08. The summed E-state index contributed by atoms with van der Waals surface area (Å²) in [4.78, 5) is 13.9. The molecule has 0 heterocycles. The van der Waals surface area contributed by atoms with Gasteiger partial charge in [0.15, 0.2) is 0 Å². The van der Waals surface area contributed by atoms with Crippen LogP contribution < -0.4 is 5.32 Å². The second-order valence-corrected chi connectivity index (χ2v) is 5.61. The largest absolute Gasteiger partial charge is 0.424 e. The van der Waals surface area contributed by atoms with Gasteiger partial charge in [0.25, 0.3) is 5.91 Å². The summed E-state index contributed by atoms with van der Waals surface area (Å²) in [7, 11) is 3.58. The average Bonchev–Trinajstić information content (AvgIpc) is 2.54. The van der Waals surface area contributed by atoms with Gasteiger partial charge in [-0.2, -0.15) is 0 Å². The molecule has 25 heavy (non-hydrogen) atoms. The van der Waals surface area contributed by atoms with E-state index in [2.05, 4.69) is 5.32 Å². The van der Waals surface area contributed by atoms with Crippen molar-refractivity contribution in [2.45, 2.75) is 0 Å². The summed E-state index contributed by atoms with van der Waals surface area (Å²) in [6.07, 6.45) is 0. The molecule has 7 heteroatoms. The molecular formula is C18H19FN4O2. The fraction of sp³-hybridized carbons (Fsp3) is 0.167. The van der Waals surface area contributed by atoms with Gasteiger partial charge in [0.05, 0.1) is 12.1 Å². The maximum absolute atomic E-state index is 13.7. The van der Waals surface area contributed by atoms with Gasteiger partial charge in [0.2, 0.25) is 11.8 Å². The quantitative estimate of drug-likeness (QED) is 0.576. The van der Waals surface area contributed by atoms with Crippen LogP contribution in [0.15, 0.2) is 48.5 Å². The number of hydrogen-bond donors (Lipinski definition) is 3. The zero-order valence-corrected chi connectivity index (χ0v) is 14.0. The summed E-state index contributed by atoms with van der Waals surface area (Å²) in [5, 5.41) is 18.2. The molecule has 0 unspecified atom stereocenters. The van der Waals surface area contributed by atoms with Gasteiger partial charge < -0.3 is 15.0 Å². The van der Waals surface area contributed by atoms with Gasteiger partial charge >= 0.3 is 0 Å². The molecule has 0 spiro atoms. The molecular weight excluding hydrogens is 323 g/mol. The first-order valence-corrected chi connectivity index (χ1v) is 7.51. The van der Waals surface area contributed by atoms with Crippen LogP contribution in [0.4, 0.5) is 10.1 Å². The molecule has 0 aromatic heterocycles. The average molecular weight is 342 g/mol. The number of halogens is 1. The molecule has 0 radical (unpaired) electrons. The minimum atomic E-state index is -0.607. The van der Waals surface area contributed by atoms with E-state index in [0.29, 0.717) is 11.3 Å². The Morgan fingerprint density at radius 3 is 2.56 bits per heavy atom. The highest BCUT2D eigenvalue weighted by Crippen LogP contribution is 2.15. The lowest BCUT2D eigenvalue weighted by Crippen LogP contribution is -2.25. The van der Waals surface area contributed by atoms with Crippen LogP contribution in [0.1, 0.15) is 15.9 Å². The third-order valence-corrected chi connectivity index (χ3v) is 3.19. The summed E-state index contributed by atoms with van der Waals surface area (Å²) < 4.78 is 18.8. The predicted molar refractivity (Wildman–Crippen MR) is 95.0 cm³/mol. The minimum absolute atomic E-state index is 0.0594. The van der Waals surface area contributed by atoms with Crippen LogP contribution in [-0.4, -0.2) is 43.2 Å². The Morgan fingerprint density at radius 2 is 1.88 bits per heavy atom. The smallest absolute Gasteiger partial charge is 0.258 e. The number of hydrogen-bond acceptors (Lipinski definition) is 5. The molecule has 0 atom stereocenters. The van der Waals surface area contributed by atoms with Crippen molar-refractivity contribution in [1.29, 1.82) is 10.8 Å². The SMILES string of the molecule is CN(C)CC(=N)OC(=N)c1cccc(NC(=O)c2ccccc2F)c1. The molecule has 1 amide bonds. The molecule has 2 aromatic rings. The number of anilines is 1. The van der Waals surface area contributed by atoms with Crippen LogP contribution in [0, 0.1) is 16.6 Å². The number of benzene rings is 2. The number of carbonyl (C=O) groups is 1. The van der Waals surface area contributed by atoms with E-state index in [0.717, 1.165) is 0 Å². The lowest BCUT2D eigenvalue weighted by Gasteiger charge is -2.13. The zero-order valence-electron chi connectivity index (χ0n) is 14.0. The third kappa shape index (κ3) is 5.22. The molecule has 0 fully saturated rings. The fourth-order valence-electron chi connectivity index (χ4n) is 2.08. The van der Waals surface area contributed by atoms with Crippen LogP contribution >= 0.6 is 0 Å². The van der Waals surface area contributed by atoms with Crippen molar-refractivity contribution in [3.05, 3.63) is 65.5 Å². The van der Waals surface area contributed by atoms with Gasteiger partial charge in [-0.15, -0.1) is 0 Å². The van der Waals surface area contributed by atoms with E-state index in [1.54, 1.807) is 43.3 Å². The van der Waals surface area contributed by atoms with Crippen molar-refractivity contribution in [2.24, 2.45) is 0 Å². The van der Waals surface area contributed by atoms with E-state index in [4.69, 9.17) is 15.6 Å². The topological polar surface area (TPSA) is 89.3 Å². The Hall–Kier alpha value is -3.06. The predicted octanol–water partition coefficient (Wildman–Crippen LogP) is 2.96. The number of amides is 1. The van der Waals surface area contributed by atoms with E-state index in [1.807, 2.05) is 0 Å². The van der Waals surface area contributed by atoms with Gasteiger partial charge in [-0.05, 0) is 44.4 Å².